The molecule has 6 heteroatoms. The minimum atomic E-state index is -0.221. The number of nitrogens with one attached hydrogen (secondary N) is 1. The topological polar surface area (TPSA) is 45.5 Å². The Morgan fingerprint density at radius 2 is 1.96 bits per heavy atom. The van der Waals surface area contributed by atoms with Gasteiger partial charge >= 0.3 is 0 Å². The van der Waals surface area contributed by atoms with Gasteiger partial charge in [-0.1, -0.05) is 24.3 Å². The van der Waals surface area contributed by atoms with Gasteiger partial charge in [0, 0.05) is 33.7 Å². The monoisotopic (exact) mass is 339 g/mol. The fourth-order valence-electron chi connectivity index (χ4n) is 2.80. The minimum Gasteiger partial charge on any atom is -0.354 e. The van der Waals surface area contributed by atoms with Crippen molar-refractivity contribution in [2.24, 2.45) is 4.99 Å². The molecule has 0 radical (unpaired) electrons. The highest BCUT2D eigenvalue weighted by Crippen LogP contribution is 2.11. The van der Waals surface area contributed by atoms with Gasteiger partial charge in [0.2, 0.25) is 0 Å². The summed E-state index contributed by atoms with van der Waals surface area (Å²) in [6.07, 6.45) is 1.86. The van der Waals surface area contributed by atoms with Crippen LogP contribution in [-0.2, 0) is 13.1 Å². The van der Waals surface area contributed by atoms with Crippen molar-refractivity contribution < 1.29 is 4.39 Å². The van der Waals surface area contributed by atoms with E-state index in [2.05, 4.69) is 25.9 Å². The van der Waals surface area contributed by atoms with Crippen LogP contribution in [0.1, 0.15) is 5.56 Å². The second-order valence-electron chi connectivity index (χ2n) is 5.88. The Bertz CT molecular complexity index is 854. The second kappa shape index (κ2) is 7.79. The summed E-state index contributed by atoms with van der Waals surface area (Å²) >= 11 is 0. The first-order chi connectivity index (χ1) is 12.2. The van der Waals surface area contributed by atoms with Crippen molar-refractivity contribution in [3.63, 3.8) is 0 Å². The Hall–Kier alpha value is -2.89. The molecule has 0 aliphatic rings. The first-order valence-corrected chi connectivity index (χ1v) is 8.23. The summed E-state index contributed by atoms with van der Waals surface area (Å²) in [7, 11) is 3.72. The van der Waals surface area contributed by atoms with Crippen molar-refractivity contribution in [1.29, 1.82) is 0 Å². The maximum atomic E-state index is 13.0. The van der Waals surface area contributed by atoms with E-state index in [-0.39, 0.29) is 5.82 Å². The molecule has 0 saturated carbocycles. The standard InChI is InChI=1S/C19H22FN5/c1-21-19(24(2)13-15-7-9-16(20)10-8-15)22-11-12-25-14-23-17-5-3-4-6-18(17)25/h3-10,14H,11-13H2,1-2H3,(H,21,22). The number of para-hydroxylation sites is 2. The van der Waals surface area contributed by atoms with Crippen LogP contribution in [0, 0.1) is 5.82 Å². The lowest BCUT2D eigenvalue weighted by atomic mass is 10.2. The lowest BCUT2D eigenvalue weighted by Gasteiger charge is -2.22. The summed E-state index contributed by atoms with van der Waals surface area (Å²) in [6, 6.07) is 14.6. The molecule has 5 nitrogen and oxygen atoms in total. The summed E-state index contributed by atoms with van der Waals surface area (Å²) in [5.74, 6) is 0.579. The molecule has 3 rings (SSSR count). The van der Waals surface area contributed by atoms with Crippen LogP contribution in [0.3, 0.4) is 0 Å². The van der Waals surface area contributed by atoms with Gasteiger partial charge in [0.1, 0.15) is 5.82 Å². The third kappa shape index (κ3) is 4.15. The highest BCUT2D eigenvalue weighted by atomic mass is 19.1. The molecule has 0 fully saturated rings. The number of guanidine groups is 1. The normalized spacial score (nSPS) is 11.7. The molecule has 1 N–H and O–H groups in total. The minimum absolute atomic E-state index is 0.221. The van der Waals surface area contributed by atoms with Gasteiger partial charge in [-0.2, -0.15) is 0 Å². The zero-order chi connectivity index (χ0) is 17.6. The quantitative estimate of drug-likeness (QED) is 0.574. The van der Waals surface area contributed by atoms with E-state index in [1.807, 2.05) is 36.5 Å². The van der Waals surface area contributed by atoms with Crippen molar-refractivity contribution in [2.75, 3.05) is 20.6 Å². The van der Waals surface area contributed by atoms with E-state index in [0.717, 1.165) is 35.6 Å². The van der Waals surface area contributed by atoms with Gasteiger partial charge in [-0.3, -0.25) is 4.99 Å². The first kappa shape index (κ1) is 17.0. The molecule has 0 amide bonds. The zero-order valence-electron chi connectivity index (χ0n) is 14.5. The molecule has 0 unspecified atom stereocenters. The number of benzene rings is 2. The van der Waals surface area contributed by atoms with Gasteiger partial charge < -0.3 is 14.8 Å². The SMILES string of the molecule is CN=C(NCCn1cnc2ccccc21)N(C)Cc1ccc(F)cc1. The van der Waals surface area contributed by atoms with Crippen molar-refractivity contribution in [1.82, 2.24) is 19.8 Å². The van der Waals surface area contributed by atoms with E-state index in [9.17, 15) is 4.39 Å². The van der Waals surface area contributed by atoms with Gasteiger partial charge in [0.05, 0.1) is 17.4 Å². The summed E-state index contributed by atoms with van der Waals surface area (Å²) in [6.45, 7) is 2.19. The molecule has 0 aliphatic heterocycles. The Kier molecular flexibility index (Phi) is 5.28. The Morgan fingerprint density at radius 3 is 2.72 bits per heavy atom. The summed E-state index contributed by atoms with van der Waals surface area (Å²) in [5, 5.41) is 3.36. The highest BCUT2D eigenvalue weighted by molar-refractivity contribution is 5.79. The molecule has 0 atom stereocenters. The summed E-state index contributed by atoms with van der Waals surface area (Å²) in [4.78, 5) is 10.7. The number of hydrogen-bond donors (Lipinski definition) is 1. The Labute approximate surface area is 146 Å². The molecule has 0 aliphatic carbocycles. The largest absolute Gasteiger partial charge is 0.354 e. The fraction of sp³-hybridized carbons (Fsp3) is 0.263. The van der Waals surface area contributed by atoms with Gasteiger partial charge in [0.25, 0.3) is 0 Å². The van der Waals surface area contributed by atoms with E-state index in [1.165, 1.54) is 12.1 Å². The number of nitrogens with zero attached hydrogens (tertiary/aromatic N) is 4. The van der Waals surface area contributed by atoms with E-state index in [1.54, 1.807) is 19.2 Å². The number of hydrogen-bond acceptors (Lipinski definition) is 2. The number of aliphatic imine (C=N–C) groups is 1. The molecule has 0 spiro atoms. The van der Waals surface area contributed by atoms with Crippen molar-refractivity contribution in [3.05, 3.63) is 66.2 Å². The third-order valence-corrected chi connectivity index (χ3v) is 4.07. The average molecular weight is 339 g/mol. The maximum absolute atomic E-state index is 13.0. The molecule has 25 heavy (non-hydrogen) atoms. The van der Waals surface area contributed by atoms with E-state index < -0.39 is 0 Å². The molecular weight excluding hydrogens is 317 g/mol. The molecule has 0 saturated heterocycles. The second-order valence-corrected chi connectivity index (χ2v) is 5.88. The van der Waals surface area contributed by atoms with Crippen LogP contribution < -0.4 is 5.32 Å². The van der Waals surface area contributed by atoms with Crippen LogP contribution >= 0.6 is 0 Å². The van der Waals surface area contributed by atoms with Crippen LogP contribution in [0.5, 0.6) is 0 Å². The Balaban J connectivity index is 1.56. The van der Waals surface area contributed by atoms with Gasteiger partial charge in [0.15, 0.2) is 5.96 Å². The number of rotatable bonds is 5. The predicted octanol–water partition coefficient (Wildman–Crippen LogP) is 2.88. The van der Waals surface area contributed by atoms with Gasteiger partial charge in [-0.05, 0) is 29.8 Å². The van der Waals surface area contributed by atoms with Crippen LogP contribution in [0.25, 0.3) is 11.0 Å². The molecule has 1 aromatic heterocycles. The van der Waals surface area contributed by atoms with E-state index in [4.69, 9.17) is 0 Å². The van der Waals surface area contributed by atoms with Crippen molar-refractivity contribution in [3.8, 4) is 0 Å². The lowest BCUT2D eigenvalue weighted by Crippen LogP contribution is -2.39. The number of imidazole rings is 1. The van der Waals surface area contributed by atoms with Crippen molar-refractivity contribution in [2.45, 2.75) is 13.1 Å². The number of aromatic nitrogens is 2. The Morgan fingerprint density at radius 1 is 1.20 bits per heavy atom. The highest BCUT2D eigenvalue weighted by Gasteiger charge is 2.07. The van der Waals surface area contributed by atoms with Gasteiger partial charge in [-0.15, -0.1) is 0 Å². The average Bonchev–Trinajstić information content (AvgIpc) is 3.04. The maximum Gasteiger partial charge on any atom is 0.193 e. The third-order valence-electron chi connectivity index (χ3n) is 4.07. The van der Waals surface area contributed by atoms with Crippen LogP contribution in [0.2, 0.25) is 0 Å². The molecule has 3 aromatic rings. The molecule has 0 bridgehead atoms. The fourth-order valence-corrected chi connectivity index (χ4v) is 2.80. The zero-order valence-corrected chi connectivity index (χ0v) is 14.5. The first-order valence-electron chi connectivity index (χ1n) is 8.23. The number of halogens is 1. The number of fused-ring (bicyclic) bond motifs is 1. The molecule has 2 aromatic carbocycles. The van der Waals surface area contributed by atoms with Crippen LogP contribution in [-0.4, -0.2) is 41.1 Å². The molecular formula is C19H22FN5. The molecule has 1 heterocycles. The van der Waals surface area contributed by atoms with Crippen molar-refractivity contribution >= 4 is 17.0 Å². The summed E-state index contributed by atoms with van der Waals surface area (Å²) in [5.41, 5.74) is 3.16. The lowest BCUT2D eigenvalue weighted by molar-refractivity contribution is 0.473. The molecule has 130 valence electrons. The smallest absolute Gasteiger partial charge is 0.193 e. The van der Waals surface area contributed by atoms with Crippen LogP contribution in [0.4, 0.5) is 4.39 Å². The van der Waals surface area contributed by atoms with E-state index in [0.29, 0.717) is 6.54 Å². The van der Waals surface area contributed by atoms with E-state index >= 15 is 0 Å². The summed E-state index contributed by atoms with van der Waals surface area (Å²) < 4.78 is 15.1. The van der Waals surface area contributed by atoms with Gasteiger partial charge in [-0.25, -0.2) is 9.37 Å². The predicted molar refractivity (Wildman–Crippen MR) is 99.0 cm³/mol. The van der Waals surface area contributed by atoms with Crippen LogP contribution in [0.15, 0.2) is 59.9 Å².